The maximum atomic E-state index is 12.0. The summed E-state index contributed by atoms with van der Waals surface area (Å²) < 4.78 is 5.22. The average Bonchev–Trinajstić information content (AvgIpc) is 2.76. The molecule has 0 atom stereocenters. The molecule has 0 spiro atoms. The van der Waals surface area contributed by atoms with Crippen molar-refractivity contribution in [2.24, 2.45) is 5.92 Å². The molecule has 4 rings (SSSR count). The lowest BCUT2D eigenvalue weighted by molar-refractivity contribution is 0.185. The number of hydrogen-bond donors (Lipinski definition) is 1. The Labute approximate surface area is 165 Å². The second-order valence-electron chi connectivity index (χ2n) is 7.63. The molecule has 0 aliphatic carbocycles. The lowest BCUT2D eigenvalue weighted by atomic mass is 9.90. The summed E-state index contributed by atoms with van der Waals surface area (Å²) in [6.45, 7) is 3.35. The van der Waals surface area contributed by atoms with Crippen LogP contribution in [0.2, 0.25) is 0 Å². The first-order chi connectivity index (χ1) is 13.7. The van der Waals surface area contributed by atoms with Gasteiger partial charge in [-0.05, 0) is 68.5 Å². The number of ether oxygens (including phenoxy) is 1. The fourth-order valence-corrected chi connectivity index (χ4v) is 4.09. The lowest BCUT2D eigenvalue weighted by Crippen LogP contribution is -2.35. The minimum Gasteiger partial charge on any atom is -0.497 e. The number of methoxy groups -OCH3 is 1. The highest BCUT2D eigenvalue weighted by Gasteiger charge is 2.21. The van der Waals surface area contributed by atoms with Crippen LogP contribution in [-0.4, -0.2) is 41.8 Å². The fourth-order valence-electron chi connectivity index (χ4n) is 4.09. The normalized spacial score (nSPS) is 15.8. The third kappa shape index (κ3) is 4.25. The molecule has 0 radical (unpaired) electrons. The number of nitrogens with one attached hydrogen (secondary N) is 1. The van der Waals surface area contributed by atoms with Gasteiger partial charge in [0.2, 0.25) is 0 Å². The Morgan fingerprint density at radius 3 is 2.50 bits per heavy atom. The van der Waals surface area contributed by atoms with E-state index in [1.54, 1.807) is 7.11 Å². The number of likely N-dealkylation sites (tertiary alicyclic amines) is 1. The van der Waals surface area contributed by atoms with E-state index in [9.17, 15) is 4.79 Å². The number of nitrogens with zero attached hydrogens (tertiary/aromatic N) is 2. The molecule has 2 heterocycles. The van der Waals surface area contributed by atoms with Crippen molar-refractivity contribution in [1.82, 2.24) is 15.1 Å². The summed E-state index contributed by atoms with van der Waals surface area (Å²) >= 11 is 0. The van der Waals surface area contributed by atoms with Crippen molar-refractivity contribution in [2.45, 2.75) is 25.7 Å². The number of piperidine rings is 1. The van der Waals surface area contributed by atoms with E-state index in [4.69, 9.17) is 4.74 Å². The molecule has 0 unspecified atom stereocenters. The molecule has 0 amide bonds. The maximum absolute atomic E-state index is 12.0. The van der Waals surface area contributed by atoms with Crippen molar-refractivity contribution < 1.29 is 4.74 Å². The van der Waals surface area contributed by atoms with Crippen LogP contribution in [0.1, 0.15) is 24.1 Å². The van der Waals surface area contributed by atoms with Crippen molar-refractivity contribution in [3.05, 3.63) is 70.1 Å². The van der Waals surface area contributed by atoms with E-state index in [2.05, 4.69) is 27.2 Å². The zero-order chi connectivity index (χ0) is 19.3. The molecule has 2 aromatic carbocycles. The van der Waals surface area contributed by atoms with Crippen LogP contribution in [0.3, 0.4) is 0 Å². The average molecular weight is 377 g/mol. The summed E-state index contributed by atoms with van der Waals surface area (Å²) in [6.07, 6.45) is 4.36. The van der Waals surface area contributed by atoms with E-state index in [1.807, 2.05) is 36.4 Å². The molecule has 1 aromatic heterocycles. The van der Waals surface area contributed by atoms with E-state index < -0.39 is 0 Å². The van der Waals surface area contributed by atoms with Gasteiger partial charge in [-0.3, -0.25) is 4.79 Å². The second-order valence-corrected chi connectivity index (χ2v) is 7.63. The van der Waals surface area contributed by atoms with Crippen molar-refractivity contribution in [2.75, 3.05) is 26.7 Å². The van der Waals surface area contributed by atoms with Crippen molar-refractivity contribution >= 4 is 10.8 Å². The Morgan fingerprint density at radius 2 is 1.79 bits per heavy atom. The zero-order valence-corrected chi connectivity index (χ0v) is 16.4. The van der Waals surface area contributed by atoms with Crippen LogP contribution in [-0.2, 0) is 12.8 Å². The molecule has 1 aliphatic heterocycles. The maximum Gasteiger partial charge on any atom is 0.272 e. The molecule has 28 heavy (non-hydrogen) atoms. The van der Waals surface area contributed by atoms with Crippen LogP contribution in [0.25, 0.3) is 10.8 Å². The number of rotatable bonds is 6. The topological polar surface area (TPSA) is 58.2 Å². The molecular weight excluding hydrogens is 350 g/mol. The van der Waals surface area contributed by atoms with Crippen LogP contribution in [0.15, 0.2) is 53.3 Å². The highest BCUT2D eigenvalue weighted by Crippen LogP contribution is 2.24. The Morgan fingerprint density at radius 1 is 1.07 bits per heavy atom. The van der Waals surface area contributed by atoms with Gasteiger partial charge in [0.05, 0.1) is 18.2 Å². The summed E-state index contributed by atoms with van der Waals surface area (Å²) in [7, 11) is 1.70. The summed E-state index contributed by atoms with van der Waals surface area (Å²) in [4.78, 5) is 14.5. The van der Waals surface area contributed by atoms with Gasteiger partial charge in [-0.2, -0.15) is 5.10 Å². The van der Waals surface area contributed by atoms with Crippen LogP contribution in [0.5, 0.6) is 5.75 Å². The van der Waals surface area contributed by atoms with Gasteiger partial charge in [0, 0.05) is 11.9 Å². The van der Waals surface area contributed by atoms with Gasteiger partial charge in [0.15, 0.2) is 0 Å². The van der Waals surface area contributed by atoms with Crippen molar-refractivity contribution in [3.63, 3.8) is 0 Å². The van der Waals surface area contributed by atoms with Gasteiger partial charge in [0.25, 0.3) is 5.56 Å². The Hall–Kier alpha value is -2.66. The number of H-pyrrole nitrogens is 1. The van der Waals surface area contributed by atoms with Gasteiger partial charge in [-0.1, -0.05) is 30.3 Å². The van der Waals surface area contributed by atoms with Crippen LogP contribution in [0, 0.1) is 5.92 Å². The largest absolute Gasteiger partial charge is 0.497 e. The number of aromatic nitrogens is 2. The molecule has 146 valence electrons. The highest BCUT2D eigenvalue weighted by molar-refractivity contribution is 5.83. The molecule has 1 N–H and O–H groups in total. The van der Waals surface area contributed by atoms with E-state index in [0.717, 1.165) is 54.7 Å². The Bertz CT molecular complexity index is 973. The number of hydrogen-bond acceptors (Lipinski definition) is 4. The van der Waals surface area contributed by atoms with Crippen LogP contribution in [0.4, 0.5) is 0 Å². The Kier molecular flexibility index (Phi) is 5.72. The van der Waals surface area contributed by atoms with E-state index in [0.29, 0.717) is 5.92 Å². The van der Waals surface area contributed by atoms with Gasteiger partial charge < -0.3 is 9.64 Å². The molecule has 5 heteroatoms. The zero-order valence-electron chi connectivity index (χ0n) is 16.4. The van der Waals surface area contributed by atoms with E-state index in [-0.39, 0.29) is 5.56 Å². The molecule has 1 aliphatic rings. The van der Waals surface area contributed by atoms with Gasteiger partial charge in [0.1, 0.15) is 5.75 Å². The number of fused-ring (bicyclic) bond motifs is 1. The predicted octanol–water partition coefficient (Wildman–Crippen LogP) is 3.43. The molecule has 3 aromatic rings. The SMILES string of the molecule is COc1ccc(CCN2CCC(Cc3n[nH]c(=O)c4ccccc34)CC2)cc1. The van der Waals surface area contributed by atoms with Gasteiger partial charge in [-0.15, -0.1) is 0 Å². The van der Waals surface area contributed by atoms with Gasteiger partial charge in [-0.25, -0.2) is 5.10 Å². The standard InChI is InChI=1S/C23H27N3O2/c1-28-19-8-6-17(7-9-19)10-13-26-14-11-18(12-15-26)16-22-20-4-2-3-5-21(20)23(27)25-24-22/h2-9,18H,10-16H2,1H3,(H,25,27). The van der Waals surface area contributed by atoms with Crippen molar-refractivity contribution in [3.8, 4) is 5.75 Å². The van der Waals surface area contributed by atoms with E-state index in [1.165, 1.54) is 18.4 Å². The molecule has 1 saturated heterocycles. The van der Waals surface area contributed by atoms with E-state index >= 15 is 0 Å². The third-order valence-electron chi connectivity index (χ3n) is 5.84. The monoisotopic (exact) mass is 377 g/mol. The number of benzene rings is 2. The first kappa shape index (κ1) is 18.7. The first-order valence-electron chi connectivity index (χ1n) is 10.0. The van der Waals surface area contributed by atoms with Crippen LogP contribution >= 0.6 is 0 Å². The molecule has 0 bridgehead atoms. The van der Waals surface area contributed by atoms with Crippen LogP contribution < -0.4 is 10.3 Å². The quantitative estimate of drug-likeness (QED) is 0.715. The second kappa shape index (κ2) is 8.57. The summed E-state index contributed by atoms with van der Waals surface area (Å²) in [6, 6.07) is 16.1. The Balaban J connectivity index is 1.31. The highest BCUT2D eigenvalue weighted by atomic mass is 16.5. The summed E-state index contributed by atoms with van der Waals surface area (Å²) in [5.74, 6) is 1.53. The summed E-state index contributed by atoms with van der Waals surface area (Å²) in [5, 5.41) is 8.75. The number of aromatic amines is 1. The third-order valence-corrected chi connectivity index (χ3v) is 5.84. The lowest BCUT2D eigenvalue weighted by Gasteiger charge is -2.32. The van der Waals surface area contributed by atoms with Gasteiger partial charge >= 0.3 is 0 Å². The molecule has 1 fully saturated rings. The fraction of sp³-hybridized carbons (Fsp3) is 0.391. The minimum atomic E-state index is -0.104. The molecule has 5 nitrogen and oxygen atoms in total. The molecular formula is C23H27N3O2. The summed E-state index contributed by atoms with van der Waals surface area (Å²) in [5.41, 5.74) is 2.27. The predicted molar refractivity (Wildman–Crippen MR) is 112 cm³/mol. The minimum absolute atomic E-state index is 0.104. The first-order valence-corrected chi connectivity index (χ1v) is 10.0. The smallest absolute Gasteiger partial charge is 0.272 e. The molecule has 0 saturated carbocycles. The van der Waals surface area contributed by atoms with Crippen molar-refractivity contribution in [1.29, 1.82) is 0 Å².